The van der Waals surface area contributed by atoms with Crippen molar-refractivity contribution in [3.8, 4) is 5.88 Å². The van der Waals surface area contributed by atoms with Gasteiger partial charge < -0.3 is 24.2 Å². The summed E-state index contributed by atoms with van der Waals surface area (Å²) in [5.74, 6) is 1.45. The van der Waals surface area contributed by atoms with E-state index in [0.29, 0.717) is 12.4 Å². The molecule has 4 rings (SSSR count). The Kier molecular flexibility index (Phi) is 4.87. The van der Waals surface area contributed by atoms with Crippen molar-refractivity contribution < 1.29 is 14.3 Å². The quantitative estimate of drug-likeness (QED) is 0.812. The van der Waals surface area contributed by atoms with Crippen molar-refractivity contribution in [2.24, 2.45) is 0 Å². The van der Waals surface area contributed by atoms with E-state index in [0.717, 1.165) is 71.0 Å². The van der Waals surface area contributed by atoms with Crippen LogP contribution in [0.1, 0.15) is 19.3 Å². The zero-order valence-electron chi connectivity index (χ0n) is 14.5. The molecule has 0 aliphatic carbocycles. The van der Waals surface area contributed by atoms with Gasteiger partial charge in [0.05, 0.1) is 19.8 Å². The molecule has 136 valence electrons. The molecule has 8 heteroatoms. The first-order valence-electron chi connectivity index (χ1n) is 9.15. The van der Waals surface area contributed by atoms with Crippen molar-refractivity contribution in [3.63, 3.8) is 0 Å². The van der Waals surface area contributed by atoms with Gasteiger partial charge in [-0.25, -0.2) is 14.8 Å². The molecule has 3 saturated heterocycles. The number of carbonyl (C=O) groups excluding carboxylic acids is 1. The highest BCUT2D eigenvalue weighted by atomic mass is 16.5. The first kappa shape index (κ1) is 16.4. The lowest BCUT2D eigenvalue weighted by molar-refractivity contribution is 0.122. The van der Waals surface area contributed by atoms with Gasteiger partial charge in [-0.3, -0.25) is 0 Å². The third-order valence-electron chi connectivity index (χ3n) is 5.04. The third-order valence-corrected chi connectivity index (χ3v) is 5.04. The van der Waals surface area contributed by atoms with Gasteiger partial charge in [-0.2, -0.15) is 0 Å². The van der Waals surface area contributed by atoms with Crippen LogP contribution in [0.3, 0.4) is 0 Å². The highest BCUT2D eigenvalue weighted by Crippen LogP contribution is 2.22. The summed E-state index contributed by atoms with van der Waals surface area (Å²) in [5, 5.41) is 0. The molecule has 4 heterocycles. The monoisotopic (exact) mass is 347 g/mol. The van der Waals surface area contributed by atoms with E-state index >= 15 is 0 Å². The van der Waals surface area contributed by atoms with Gasteiger partial charge in [-0.1, -0.05) is 0 Å². The number of amides is 2. The topological polar surface area (TPSA) is 71.0 Å². The maximum Gasteiger partial charge on any atom is 0.320 e. The average molecular weight is 347 g/mol. The zero-order chi connectivity index (χ0) is 17.1. The molecule has 3 aliphatic heterocycles. The average Bonchev–Trinajstić information content (AvgIpc) is 3.34. The SMILES string of the molecule is O=C(N1CCCC1)N1CCC(Oc2cc(N3CCOCC3)ncn2)C1. The van der Waals surface area contributed by atoms with Gasteiger partial charge in [0.25, 0.3) is 0 Å². The van der Waals surface area contributed by atoms with Crippen molar-refractivity contribution in [1.29, 1.82) is 0 Å². The highest BCUT2D eigenvalue weighted by Gasteiger charge is 2.31. The molecule has 25 heavy (non-hydrogen) atoms. The number of nitrogens with zero attached hydrogens (tertiary/aromatic N) is 5. The first-order chi connectivity index (χ1) is 12.3. The van der Waals surface area contributed by atoms with Crippen LogP contribution in [0.4, 0.5) is 10.6 Å². The summed E-state index contributed by atoms with van der Waals surface area (Å²) < 4.78 is 11.4. The molecular weight excluding hydrogens is 322 g/mol. The van der Waals surface area contributed by atoms with E-state index in [4.69, 9.17) is 9.47 Å². The van der Waals surface area contributed by atoms with E-state index in [1.807, 2.05) is 15.9 Å². The number of carbonyl (C=O) groups is 1. The molecule has 0 bridgehead atoms. The van der Waals surface area contributed by atoms with E-state index in [-0.39, 0.29) is 12.1 Å². The Morgan fingerprint density at radius 1 is 1.08 bits per heavy atom. The number of aromatic nitrogens is 2. The molecule has 3 fully saturated rings. The number of ether oxygens (including phenoxy) is 2. The molecule has 0 N–H and O–H groups in total. The summed E-state index contributed by atoms with van der Waals surface area (Å²) in [5.41, 5.74) is 0. The summed E-state index contributed by atoms with van der Waals surface area (Å²) in [6.07, 6.45) is 4.62. The fourth-order valence-corrected chi connectivity index (χ4v) is 3.64. The molecule has 1 unspecified atom stereocenters. The molecule has 1 aromatic rings. The lowest BCUT2D eigenvalue weighted by Crippen LogP contribution is -2.41. The fourth-order valence-electron chi connectivity index (χ4n) is 3.64. The Morgan fingerprint density at radius 3 is 2.68 bits per heavy atom. The lowest BCUT2D eigenvalue weighted by Gasteiger charge is -2.27. The number of hydrogen-bond donors (Lipinski definition) is 0. The van der Waals surface area contributed by atoms with Gasteiger partial charge in [-0.15, -0.1) is 0 Å². The van der Waals surface area contributed by atoms with Crippen LogP contribution in [-0.2, 0) is 4.74 Å². The minimum Gasteiger partial charge on any atom is -0.472 e. The molecule has 0 radical (unpaired) electrons. The maximum absolute atomic E-state index is 12.5. The molecular formula is C17H25N5O3. The van der Waals surface area contributed by atoms with Crippen LogP contribution in [0.15, 0.2) is 12.4 Å². The van der Waals surface area contributed by atoms with Gasteiger partial charge in [0, 0.05) is 45.2 Å². The molecule has 0 aromatic carbocycles. The predicted octanol–water partition coefficient (Wildman–Crippen LogP) is 0.982. The minimum atomic E-state index is -0.000933. The zero-order valence-corrected chi connectivity index (χ0v) is 14.5. The Bertz CT molecular complexity index is 602. The highest BCUT2D eigenvalue weighted by molar-refractivity contribution is 5.75. The van der Waals surface area contributed by atoms with Crippen molar-refractivity contribution in [3.05, 3.63) is 12.4 Å². The molecule has 1 atom stereocenters. The first-order valence-corrected chi connectivity index (χ1v) is 9.15. The predicted molar refractivity (Wildman–Crippen MR) is 91.9 cm³/mol. The van der Waals surface area contributed by atoms with Crippen molar-refractivity contribution >= 4 is 11.8 Å². The molecule has 8 nitrogen and oxygen atoms in total. The molecule has 0 spiro atoms. The number of hydrogen-bond acceptors (Lipinski definition) is 6. The Labute approximate surface area is 147 Å². The van der Waals surface area contributed by atoms with Crippen molar-refractivity contribution in [2.45, 2.75) is 25.4 Å². The third kappa shape index (κ3) is 3.78. The lowest BCUT2D eigenvalue weighted by atomic mass is 10.3. The summed E-state index contributed by atoms with van der Waals surface area (Å²) in [6.45, 7) is 6.25. The standard InChI is InChI=1S/C17H25N5O3/c23-17(21-4-1-2-5-21)22-6-3-14(12-22)25-16-11-15(18-13-19-16)20-7-9-24-10-8-20/h11,13-14H,1-10,12H2. The van der Waals surface area contributed by atoms with Crippen LogP contribution in [0.5, 0.6) is 5.88 Å². The summed E-state index contributed by atoms with van der Waals surface area (Å²) in [7, 11) is 0. The number of likely N-dealkylation sites (tertiary alicyclic amines) is 2. The molecule has 1 aromatic heterocycles. The van der Waals surface area contributed by atoms with Gasteiger partial charge in [-0.05, 0) is 12.8 Å². The molecule has 2 amide bonds. The fraction of sp³-hybridized carbons (Fsp3) is 0.706. The maximum atomic E-state index is 12.5. The van der Waals surface area contributed by atoms with Crippen LogP contribution >= 0.6 is 0 Å². The Morgan fingerprint density at radius 2 is 1.88 bits per heavy atom. The van der Waals surface area contributed by atoms with Crippen LogP contribution in [-0.4, -0.2) is 84.4 Å². The van der Waals surface area contributed by atoms with E-state index < -0.39 is 0 Å². The normalized spacial score (nSPS) is 24.0. The Balaban J connectivity index is 1.34. The van der Waals surface area contributed by atoms with Crippen molar-refractivity contribution in [1.82, 2.24) is 19.8 Å². The van der Waals surface area contributed by atoms with Gasteiger partial charge in [0.2, 0.25) is 5.88 Å². The van der Waals surface area contributed by atoms with E-state index in [9.17, 15) is 4.79 Å². The smallest absolute Gasteiger partial charge is 0.320 e. The summed E-state index contributed by atoms with van der Waals surface area (Å²) in [4.78, 5) is 27.1. The van der Waals surface area contributed by atoms with E-state index in [1.54, 1.807) is 6.33 Å². The number of urea groups is 1. The van der Waals surface area contributed by atoms with Crippen LogP contribution in [0.2, 0.25) is 0 Å². The van der Waals surface area contributed by atoms with Gasteiger partial charge >= 0.3 is 6.03 Å². The van der Waals surface area contributed by atoms with Crippen LogP contribution in [0, 0.1) is 0 Å². The molecule has 0 saturated carbocycles. The summed E-state index contributed by atoms with van der Waals surface area (Å²) in [6, 6.07) is 2.04. The molecule has 3 aliphatic rings. The second-order valence-electron chi connectivity index (χ2n) is 6.77. The number of rotatable bonds is 3. The number of morpholine rings is 1. The summed E-state index contributed by atoms with van der Waals surface area (Å²) >= 11 is 0. The van der Waals surface area contributed by atoms with Crippen molar-refractivity contribution in [2.75, 3.05) is 57.4 Å². The number of anilines is 1. The Hall–Kier alpha value is -2.09. The van der Waals surface area contributed by atoms with Gasteiger partial charge in [0.1, 0.15) is 18.2 Å². The largest absolute Gasteiger partial charge is 0.472 e. The second-order valence-corrected chi connectivity index (χ2v) is 6.77. The van der Waals surface area contributed by atoms with E-state index in [2.05, 4.69) is 14.9 Å². The van der Waals surface area contributed by atoms with Crippen LogP contribution < -0.4 is 9.64 Å². The second kappa shape index (κ2) is 7.43. The minimum absolute atomic E-state index is 0.000933. The van der Waals surface area contributed by atoms with E-state index in [1.165, 1.54) is 0 Å². The van der Waals surface area contributed by atoms with Gasteiger partial charge in [0.15, 0.2) is 0 Å². The van der Waals surface area contributed by atoms with Crippen LogP contribution in [0.25, 0.3) is 0 Å².